The summed E-state index contributed by atoms with van der Waals surface area (Å²) in [6.45, 7) is 0.870. The van der Waals surface area contributed by atoms with Gasteiger partial charge < -0.3 is 10.4 Å². The third-order valence-electron chi connectivity index (χ3n) is 3.02. The number of carbonyl (C=O) groups is 1. The van der Waals surface area contributed by atoms with Crippen molar-refractivity contribution >= 4 is 11.7 Å². The Bertz CT molecular complexity index is 438. The monoisotopic (exact) mass is 231 g/mol. The van der Waals surface area contributed by atoms with Crippen molar-refractivity contribution in [1.82, 2.24) is 0 Å². The summed E-state index contributed by atoms with van der Waals surface area (Å²) in [7, 11) is 0. The second kappa shape index (κ2) is 5.53. The fourth-order valence-electron chi connectivity index (χ4n) is 2.09. The Morgan fingerprint density at radius 2 is 2.29 bits per heavy atom. The molecule has 3 heteroatoms. The smallest absolute Gasteiger partial charge is 0.335 e. The molecule has 0 aliphatic heterocycles. The minimum atomic E-state index is -0.882. The van der Waals surface area contributed by atoms with Gasteiger partial charge in [0.25, 0.3) is 0 Å². The van der Waals surface area contributed by atoms with Crippen LogP contribution in [0.5, 0.6) is 0 Å². The van der Waals surface area contributed by atoms with E-state index in [0.29, 0.717) is 5.56 Å². The summed E-state index contributed by atoms with van der Waals surface area (Å²) in [5, 5.41) is 12.1. The Labute approximate surface area is 101 Å². The van der Waals surface area contributed by atoms with Crippen molar-refractivity contribution in [2.45, 2.75) is 25.7 Å². The maximum atomic E-state index is 10.8. The Hall–Kier alpha value is -1.77. The average Bonchev–Trinajstić information content (AvgIpc) is 2.82. The van der Waals surface area contributed by atoms with Gasteiger partial charge in [0.1, 0.15) is 0 Å². The van der Waals surface area contributed by atoms with Crippen LogP contribution < -0.4 is 5.32 Å². The lowest BCUT2D eigenvalue weighted by Gasteiger charge is -2.07. The number of allylic oxidation sites excluding steroid dienone is 1. The first-order valence-corrected chi connectivity index (χ1v) is 6.01. The van der Waals surface area contributed by atoms with Crippen molar-refractivity contribution < 1.29 is 9.90 Å². The minimum absolute atomic E-state index is 0.329. The van der Waals surface area contributed by atoms with Crippen LogP contribution in [0.2, 0.25) is 0 Å². The van der Waals surface area contributed by atoms with E-state index in [9.17, 15) is 4.79 Å². The molecule has 0 saturated heterocycles. The Balaban J connectivity index is 1.86. The molecule has 0 atom stereocenters. The van der Waals surface area contributed by atoms with E-state index in [1.807, 2.05) is 6.07 Å². The number of anilines is 1. The van der Waals surface area contributed by atoms with Crippen LogP contribution in [0.1, 0.15) is 36.0 Å². The lowest BCUT2D eigenvalue weighted by Crippen LogP contribution is -2.04. The van der Waals surface area contributed by atoms with Gasteiger partial charge in [-0.25, -0.2) is 4.79 Å². The molecule has 90 valence electrons. The third kappa shape index (κ3) is 3.34. The maximum absolute atomic E-state index is 10.8. The molecule has 2 rings (SSSR count). The fourth-order valence-corrected chi connectivity index (χ4v) is 2.09. The van der Waals surface area contributed by atoms with Gasteiger partial charge in [-0.05, 0) is 43.9 Å². The lowest BCUT2D eigenvalue weighted by atomic mass is 10.1. The van der Waals surface area contributed by atoms with E-state index in [4.69, 9.17) is 5.11 Å². The van der Waals surface area contributed by atoms with Gasteiger partial charge in [0.15, 0.2) is 0 Å². The molecule has 0 fully saturated rings. The van der Waals surface area contributed by atoms with Gasteiger partial charge in [-0.2, -0.15) is 0 Å². The number of aromatic carboxylic acids is 1. The zero-order chi connectivity index (χ0) is 12.1. The Kier molecular flexibility index (Phi) is 3.81. The molecule has 0 bridgehead atoms. The van der Waals surface area contributed by atoms with Crippen LogP contribution in [0.15, 0.2) is 35.9 Å². The predicted molar refractivity (Wildman–Crippen MR) is 68.4 cm³/mol. The highest BCUT2D eigenvalue weighted by molar-refractivity contribution is 5.88. The predicted octanol–water partition coefficient (Wildman–Crippen LogP) is 3.30. The quantitative estimate of drug-likeness (QED) is 0.764. The van der Waals surface area contributed by atoms with Crippen LogP contribution in [0.4, 0.5) is 5.69 Å². The Morgan fingerprint density at radius 1 is 1.41 bits per heavy atom. The summed E-state index contributed by atoms with van der Waals surface area (Å²) in [4.78, 5) is 10.8. The molecule has 0 spiro atoms. The summed E-state index contributed by atoms with van der Waals surface area (Å²) in [6, 6.07) is 6.94. The molecule has 0 aromatic heterocycles. The van der Waals surface area contributed by atoms with E-state index in [1.54, 1.807) is 18.2 Å². The van der Waals surface area contributed by atoms with Gasteiger partial charge in [-0.15, -0.1) is 0 Å². The number of carboxylic acid groups (broad SMARTS) is 1. The fraction of sp³-hybridized carbons (Fsp3) is 0.357. The van der Waals surface area contributed by atoms with E-state index in [-0.39, 0.29) is 0 Å². The molecule has 0 heterocycles. The van der Waals surface area contributed by atoms with Crippen molar-refractivity contribution in [3.63, 3.8) is 0 Å². The molecule has 0 amide bonds. The van der Waals surface area contributed by atoms with Gasteiger partial charge in [-0.1, -0.05) is 17.7 Å². The largest absolute Gasteiger partial charge is 0.478 e. The van der Waals surface area contributed by atoms with E-state index in [2.05, 4.69) is 11.4 Å². The van der Waals surface area contributed by atoms with Crippen LogP contribution in [0, 0.1) is 0 Å². The van der Waals surface area contributed by atoms with Gasteiger partial charge >= 0.3 is 5.97 Å². The SMILES string of the molecule is O=C(O)c1cccc(NCCC2=CCCC2)c1. The minimum Gasteiger partial charge on any atom is -0.478 e. The molecule has 0 unspecified atom stereocenters. The number of hydrogen-bond acceptors (Lipinski definition) is 2. The molecule has 1 aliphatic carbocycles. The number of rotatable bonds is 5. The molecule has 17 heavy (non-hydrogen) atoms. The van der Waals surface area contributed by atoms with Crippen LogP contribution in [-0.2, 0) is 0 Å². The normalized spacial score (nSPS) is 14.5. The highest BCUT2D eigenvalue weighted by Gasteiger charge is 2.05. The van der Waals surface area contributed by atoms with Gasteiger partial charge in [0.05, 0.1) is 5.56 Å². The molecule has 0 saturated carbocycles. The summed E-state index contributed by atoms with van der Waals surface area (Å²) in [5.74, 6) is -0.882. The summed E-state index contributed by atoms with van der Waals surface area (Å²) in [5.41, 5.74) is 2.73. The first-order chi connectivity index (χ1) is 8.25. The molecular formula is C14H17NO2. The van der Waals surface area contributed by atoms with E-state index < -0.39 is 5.97 Å². The third-order valence-corrected chi connectivity index (χ3v) is 3.02. The lowest BCUT2D eigenvalue weighted by molar-refractivity contribution is 0.0697. The van der Waals surface area contributed by atoms with Crippen LogP contribution in [0.25, 0.3) is 0 Å². The van der Waals surface area contributed by atoms with E-state index in [0.717, 1.165) is 18.7 Å². The summed E-state index contributed by atoms with van der Waals surface area (Å²) >= 11 is 0. The summed E-state index contributed by atoms with van der Waals surface area (Å²) < 4.78 is 0. The standard InChI is InChI=1S/C14H17NO2/c16-14(17)12-6-3-7-13(10-12)15-9-8-11-4-1-2-5-11/h3-4,6-7,10,15H,1-2,5,8-9H2,(H,16,17). The molecule has 1 aromatic carbocycles. The van der Waals surface area contributed by atoms with Crippen molar-refractivity contribution in [3.05, 3.63) is 41.5 Å². The summed E-state index contributed by atoms with van der Waals surface area (Å²) in [6.07, 6.45) is 7.08. The molecule has 2 N–H and O–H groups in total. The van der Waals surface area contributed by atoms with E-state index >= 15 is 0 Å². The van der Waals surface area contributed by atoms with Crippen LogP contribution >= 0.6 is 0 Å². The average molecular weight is 231 g/mol. The van der Waals surface area contributed by atoms with Crippen molar-refractivity contribution in [2.24, 2.45) is 0 Å². The zero-order valence-electron chi connectivity index (χ0n) is 9.78. The second-order valence-corrected chi connectivity index (χ2v) is 4.32. The topological polar surface area (TPSA) is 49.3 Å². The molecule has 0 radical (unpaired) electrons. The number of carboxylic acids is 1. The highest BCUT2D eigenvalue weighted by atomic mass is 16.4. The van der Waals surface area contributed by atoms with Gasteiger partial charge in [-0.3, -0.25) is 0 Å². The zero-order valence-corrected chi connectivity index (χ0v) is 9.78. The number of hydrogen-bond donors (Lipinski definition) is 2. The molecule has 3 nitrogen and oxygen atoms in total. The van der Waals surface area contributed by atoms with Crippen molar-refractivity contribution in [3.8, 4) is 0 Å². The second-order valence-electron chi connectivity index (χ2n) is 4.32. The van der Waals surface area contributed by atoms with Crippen LogP contribution in [0.3, 0.4) is 0 Å². The number of nitrogens with one attached hydrogen (secondary N) is 1. The molecular weight excluding hydrogens is 214 g/mol. The molecule has 1 aromatic rings. The highest BCUT2D eigenvalue weighted by Crippen LogP contribution is 2.20. The number of benzene rings is 1. The van der Waals surface area contributed by atoms with Crippen molar-refractivity contribution in [1.29, 1.82) is 0 Å². The first kappa shape index (κ1) is 11.7. The first-order valence-electron chi connectivity index (χ1n) is 6.01. The maximum Gasteiger partial charge on any atom is 0.335 e. The Morgan fingerprint density at radius 3 is 3.00 bits per heavy atom. The van der Waals surface area contributed by atoms with E-state index in [1.165, 1.54) is 24.8 Å². The molecule has 1 aliphatic rings. The van der Waals surface area contributed by atoms with Gasteiger partial charge in [0.2, 0.25) is 0 Å². The van der Waals surface area contributed by atoms with Crippen LogP contribution in [-0.4, -0.2) is 17.6 Å². The van der Waals surface area contributed by atoms with Gasteiger partial charge in [0, 0.05) is 12.2 Å². The van der Waals surface area contributed by atoms with Crippen molar-refractivity contribution in [2.75, 3.05) is 11.9 Å².